The van der Waals surface area contributed by atoms with Crippen molar-refractivity contribution < 1.29 is 27.9 Å². The molecule has 1 N–H and O–H groups in total. The van der Waals surface area contributed by atoms with Gasteiger partial charge in [-0.3, -0.25) is 9.59 Å². The minimum Gasteiger partial charge on any atom is -0.480 e. The number of morpholine rings is 1. The highest BCUT2D eigenvalue weighted by atomic mass is 32.2. The highest BCUT2D eigenvalue weighted by Crippen LogP contribution is 2.23. The molecule has 1 fully saturated rings. The maximum Gasteiger partial charge on any atom is 0.324 e. The molecule has 1 aromatic carbocycles. The van der Waals surface area contributed by atoms with Crippen molar-refractivity contribution in [1.29, 1.82) is 0 Å². The number of anilines is 1. The molecule has 2 rings (SSSR count). The molecule has 0 aliphatic carbocycles. The molecule has 1 unspecified atom stereocenters. The molecule has 1 amide bonds. The highest BCUT2D eigenvalue weighted by molar-refractivity contribution is 7.89. The summed E-state index contributed by atoms with van der Waals surface area (Å²) in [5.74, 6) is -1.43. The van der Waals surface area contributed by atoms with Crippen molar-refractivity contribution in [1.82, 2.24) is 4.31 Å². The number of carbonyl (C=O) groups excluding carboxylic acids is 1. The minimum absolute atomic E-state index is 0.0194. The Labute approximate surface area is 134 Å². The number of hydrogen-bond donors (Lipinski definition) is 1. The van der Waals surface area contributed by atoms with Gasteiger partial charge < -0.3 is 14.7 Å². The topological polar surface area (TPSA) is 104 Å². The molecule has 9 heteroatoms. The normalized spacial score (nSPS) is 19.3. The summed E-state index contributed by atoms with van der Waals surface area (Å²) in [6, 6.07) is 4.49. The van der Waals surface area contributed by atoms with Crippen LogP contribution in [0.2, 0.25) is 0 Å². The maximum atomic E-state index is 12.6. The number of rotatable bonds is 4. The number of benzene rings is 1. The summed E-state index contributed by atoms with van der Waals surface area (Å²) in [4.78, 5) is 23.9. The zero-order valence-electron chi connectivity index (χ0n) is 12.8. The lowest BCUT2D eigenvalue weighted by molar-refractivity contribution is -0.146. The van der Waals surface area contributed by atoms with Gasteiger partial charge in [-0.05, 0) is 24.3 Å². The lowest BCUT2D eigenvalue weighted by Gasteiger charge is -2.31. The van der Waals surface area contributed by atoms with Gasteiger partial charge in [0.25, 0.3) is 0 Å². The summed E-state index contributed by atoms with van der Waals surface area (Å²) in [5, 5.41) is 9.17. The van der Waals surface area contributed by atoms with E-state index in [1.807, 2.05) is 0 Å². The predicted molar refractivity (Wildman–Crippen MR) is 81.7 cm³/mol. The second-order valence-electron chi connectivity index (χ2n) is 5.12. The Bertz CT molecular complexity index is 700. The van der Waals surface area contributed by atoms with Crippen LogP contribution in [-0.2, 0) is 24.3 Å². The summed E-state index contributed by atoms with van der Waals surface area (Å²) in [5.41, 5.74) is 0.549. The van der Waals surface area contributed by atoms with Crippen LogP contribution in [0.5, 0.6) is 0 Å². The Hall–Kier alpha value is -1.97. The third kappa shape index (κ3) is 3.52. The molecular formula is C14H18N2O6S. The van der Waals surface area contributed by atoms with E-state index >= 15 is 0 Å². The van der Waals surface area contributed by atoms with Crippen molar-refractivity contribution in [2.75, 3.05) is 31.7 Å². The minimum atomic E-state index is -3.95. The molecule has 0 saturated carbocycles. The SMILES string of the molecule is CC(=O)N(C)c1ccc(S(=O)(=O)N2CCOCC2C(=O)O)cc1. The lowest BCUT2D eigenvalue weighted by atomic mass is 10.3. The van der Waals surface area contributed by atoms with E-state index in [1.165, 1.54) is 36.1 Å². The number of aliphatic carboxylic acids is 1. The Morgan fingerprint density at radius 3 is 2.43 bits per heavy atom. The van der Waals surface area contributed by atoms with E-state index in [9.17, 15) is 18.0 Å². The lowest BCUT2D eigenvalue weighted by Crippen LogP contribution is -2.52. The Morgan fingerprint density at radius 2 is 1.91 bits per heavy atom. The molecule has 0 radical (unpaired) electrons. The highest BCUT2D eigenvalue weighted by Gasteiger charge is 2.38. The van der Waals surface area contributed by atoms with Gasteiger partial charge in [-0.25, -0.2) is 8.42 Å². The molecule has 1 saturated heterocycles. The van der Waals surface area contributed by atoms with Gasteiger partial charge >= 0.3 is 5.97 Å². The molecule has 1 aliphatic rings. The smallest absolute Gasteiger partial charge is 0.324 e. The number of hydrogen-bond acceptors (Lipinski definition) is 5. The zero-order valence-corrected chi connectivity index (χ0v) is 13.6. The number of carboxylic acid groups (broad SMARTS) is 1. The Balaban J connectivity index is 2.32. The third-order valence-electron chi connectivity index (χ3n) is 3.67. The number of amides is 1. The van der Waals surface area contributed by atoms with Crippen molar-refractivity contribution in [3.05, 3.63) is 24.3 Å². The summed E-state index contributed by atoms with van der Waals surface area (Å²) in [6.07, 6.45) is 0. The van der Waals surface area contributed by atoms with Crippen LogP contribution < -0.4 is 4.90 Å². The Morgan fingerprint density at radius 1 is 1.30 bits per heavy atom. The van der Waals surface area contributed by atoms with Crippen LogP contribution in [0.15, 0.2) is 29.2 Å². The van der Waals surface area contributed by atoms with Crippen LogP contribution in [0.25, 0.3) is 0 Å². The second kappa shape index (κ2) is 6.65. The molecule has 1 aliphatic heterocycles. The predicted octanol–water partition coefficient (Wildman–Crippen LogP) is 0.143. The third-order valence-corrected chi connectivity index (χ3v) is 5.59. The number of ether oxygens (including phenoxy) is 1. The first-order chi connectivity index (χ1) is 10.7. The molecule has 0 bridgehead atoms. The quantitative estimate of drug-likeness (QED) is 0.835. The van der Waals surface area contributed by atoms with E-state index in [-0.39, 0.29) is 30.6 Å². The number of sulfonamides is 1. The van der Waals surface area contributed by atoms with Crippen LogP contribution in [0, 0.1) is 0 Å². The number of carbonyl (C=O) groups is 2. The van der Waals surface area contributed by atoms with Gasteiger partial charge in [0.05, 0.1) is 18.1 Å². The molecule has 1 heterocycles. The van der Waals surface area contributed by atoms with Crippen molar-refractivity contribution >= 4 is 27.6 Å². The van der Waals surface area contributed by atoms with Gasteiger partial charge in [0.1, 0.15) is 6.04 Å². The van der Waals surface area contributed by atoms with Crippen LogP contribution >= 0.6 is 0 Å². The van der Waals surface area contributed by atoms with Crippen LogP contribution in [0.3, 0.4) is 0 Å². The standard InChI is InChI=1S/C14H18N2O6S/c1-10(17)15(2)11-3-5-12(6-4-11)23(20,21)16-7-8-22-9-13(16)14(18)19/h3-6,13H,7-9H2,1-2H3,(H,18,19). The molecule has 0 spiro atoms. The summed E-state index contributed by atoms with van der Waals surface area (Å²) < 4.78 is 31.3. The molecule has 8 nitrogen and oxygen atoms in total. The number of carboxylic acids is 1. The number of nitrogens with zero attached hydrogens (tertiary/aromatic N) is 2. The summed E-state index contributed by atoms with van der Waals surface area (Å²) in [7, 11) is -2.37. The average molecular weight is 342 g/mol. The van der Waals surface area contributed by atoms with E-state index in [1.54, 1.807) is 7.05 Å². The van der Waals surface area contributed by atoms with E-state index in [4.69, 9.17) is 9.84 Å². The van der Waals surface area contributed by atoms with Gasteiger partial charge in [-0.1, -0.05) is 0 Å². The first-order valence-electron chi connectivity index (χ1n) is 6.92. The van der Waals surface area contributed by atoms with E-state index in [2.05, 4.69) is 0 Å². The van der Waals surface area contributed by atoms with E-state index in [0.29, 0.717) is 5.69 Å². The van der Waals surface area contributed by atoms with Crippen molar-refractivity contribution in [3.63, 3.8) is 0 Å². The van der Waals surface area contributed by atoms with Crippen molar-refractivity contribution in [2.45, 2.75) is 17.9 Å². The van der Waals surface area contributed by atoms with Gasteiger partial charge in [-0.2, -0.15) is 4.31 Å². The average Bonchev–Trinajstić information content (AvgIpc) is 2.54. The molecule has 126 valence electrons. The van der Waals surface area contributed by atoms with E-state index < -0.39 is 22.0 Å². The van der Waals surface area contributed by atoms with Crippen LogP contribution in [-0.4, -0.2) is 62.6 Å². The van der Waals surface area contributed by atoms with Gasteiger partial charge in [0.15, 0.2) is 0 Å². The summed E-state index contributed by atoms with van der Waals surface area (Å²) >= 11 is 0. The van der Waals surface area contributed by atoms with Crippen molar-refractivity contribution in [3.8, 4) is 0 Å². The zero-order chi connectivity index (χ0) is 17.2. The monoisotopic (exact) mass is 342 g/mol. The fourth-order valence-corrected chi connectivity index (χ4v) is 3.78. The largest absolute Gasteiger partial charge is 0.480 e. The maximum absolute atomic E-state index is 12.6. The first kappa shape index (κ1) is 17.4. The first-order valence-corrected chi connectivity index (χ1v) is 8.36. The van der Waals surface area contributed by atoms with E-state index in [0.717, 1.165) is 4.31 Å². The molecule has 23 heavy (non-hydrogen) atoms. The molecule has 1 atom stereocenters. The van der Waals surface area contributed by atoms with Gasteiger partial charge in [-0.15, -0.1) is 0 Å². The van der Waals surface area contributed by atoms with Crippen molar-refractivity contribution in [2.24, 2.45) is 0 Å². The summed E-state index contributed by atoms with van der Waals surface area (Å²) in [6.45, 7) is 1.35. The van der Waals surface area contributed by atoms with Gasteiger partial charge in [0.2, 0.25) is 15.9 Å². The fraction of sp³-hybridized carbons (Fsp3) is 0.429. The van der Waals surface area contributed by atoms with Gasteiger partial charge in [0, 0.05) is 26.2 Å². The fourth-order valence-electron chi connectivity index (χ4n) is 2.23. The van der Waals surface area contributed by atoms with Crippen LogP contribution in [0.4, 0.5) is 5.69 Å². The molecule has 0 aromatic heterocycles. The molecule has 1 aromatic rings. The molecular weight excluding hydrogens is 324 g/mol. The Kier molecular flexibility index (Phi) is 5.03. The van der Waals surface area contributed by atoms with Crippen LogP contribution in [0.1, 0.15) is 6.92 Å². The second-order valence-corrected chi connectivity index (χ2v) is 7.01.